The van der Waals surface area contributed by atoms with Gasteiger partial charge < -0.3 is 20.3 Å². The van der Waals surface area contributed by atoms with Gasteiger partial charge in [0.15, 0.2) is 0 Å². The predicted octanol–water partition coefficient (Wildman–Crippen LogP) is 2.34. The highest BCUT2D eigenvalue weighted by atomic mass is 32.1. The molecule has 1 aromatic carbocycles. The topological polar surface area (TPSA) is 114 Å². The zero-order chi connectivity index (χ0) is 20.8. The Kier molecular flexibility index (Phi) is 6.70. The SMILES string of the molecule is CCOC(=O)CNC(=O)N1CCC[C@H]1c1nnc(C(=O)Nc2cccc(F)c2)s1. The van der Waals surface area contributed by atoms with Gasteiger partial charge >= 0.3 is 12.0 Å². The van der Waals surface area contributed by atoms with Crippen molar-refractivity contribution < 1.29 is 23.5 Å². The number of esters is 1. The first-order valence-corrected chi connectivity index (χ1v) is 9.90. The Balaban J connectivity index is 1.63. The van der Waals surface area contributed by atoms with Crippen LogP contribution in [0.15, 0.2) is 24.3 Å². The van der Waals surface area contributed by atoms with Crippen molar-refractivity contribution in [1.29, 1.82) is 0 Å². The first-order chi connectivity index (χ1) is 14.0. The molecule has 1 saturated heterocycles. The summed E-state index contributed by atoms with van der Waals surface area (Å²) >= 11 is 1.07. The van der Waals surface area contributed by atoms with E-state index in [1.807, 2.05) is 0 Å². The minimum atomic E-state index is -0.510. The van der Waals surface area contributed by atoms with Gasteiger partial charge in [-0.1, -0.05) is 17.4 Å². The highest BCUT2D eigenvalue weighted by Crippen LogP contribution is 2.33. The lowest BCUT2D eigenvalue weighted by Gasteiger charge is -2.22. The number of aromatic nitrogens is 2. The van der Waals surface area contributed by atoms with E-state index >= 15 is 0 Å². The molecule has 2 N–H and O–H groups in total. The molecule has 29 heavy (non-hydrogen) atoms. The summed E-state index contributed by atoms with van der Waals surface area (Å²) in [6, 6.07) is 4.80. The summed E-state index contributed by atoms with van der Waals surface area (Å²) in [7, 11) is 0. The fraction of sp³-hybridized carbons (Fsp3) is 0.389. The zero-order valence-electron chi connectivity index (χ0n) is 15.7. The number of anilines is 1. The molecule has 3 amide bonds. The van der Waals surface area contributed by atoms with E-state index in [0.717, 1.165) is 17.8 Å². The van der Waals surface area contributed by atoms with Crippen LogP contribution in [-0.2, 0) is 9.53 Å². The summed E-state index contributed by atoms with van der Waals surface area (Å²) in [4.78, 5) is 37.7. The number of rotatable bonds is 6. The number of urea groups is 1. The molecule has 3 rings (SSSR count). The maximum absolute atomic E-state index is 13.3. The van der Waals surface area contributed by atoms with Gasteiger partial charge in [0, 0.05) is 12.2 Å². The molecule has 0 aliphatic carbocycles. The maximum Gasteiger partial charge on any atom is 0.325 e. The van der Waals surface area contributed by atoms with E-state index in [9.17, 15) is 18.8 Å². The number of benzene rings is 1. The molecule has 11 heteroatoms. The van der Waals surface area contributed by atoms with Crippen molar-refractivity contribution >= 4 is 34.9 Å². The molecule has 0 saturated carbocycles. The molecule has 1 aromatic heterocycles. The average molecular weight is 421 g/mol. The van der Waals surface area contributed by atoms with Crippen LogP contribution in [0.1, 0.15) is 40.6 Å². The lowest BCUT2D eigenvalue weighted by atomic mass is 10.2. The van der Waals surface area contributed by atoms with Crippen LogP contribution in [0, 0.1) is 5.82 Å². The van der Waals surface area contributed by atoms with Crippen LogP contribution in [0.3, 0.4) is 0 Å². The van der Waals surface area contributed by atoms with Crippen LogP contribution in [0.4, 0.5) is 14.9 Å². The third-order valence-corrected chi connectivity index (χ3v) is 5.23. The number of carbonyl (C=O) groups excluding carboxylic acids is 3. The lowest BCUT2D eigenvalue weighted by molar-refractivity contribution is -0.141. The van der Waals surface area contributed by atoms with Crippen LogP contribution in [0.25, 0.3) is 0 Å². The van der Waals surface area contributed by atoms with E-state index < -0.39 is 23.7 Å². The Hall–Kier alpha value is -3.08. The van der Waals surface area contributed by atoms with Gasteiger partial charge in [-0.25, -0.2) is 9.18 Å². The average Bonchev–Trinajstić information content (AvgIpc) is 3.35. The number of likely N-dealkylation sites (tertiary alicyclic amines) is 1. The lowest BCUT2D eigenvalue weighted by Crippen LogP contribution is -2.42. The molecular weight excluding hydrogens is 401 g/mol. The van der Waals surface area contributed by atoms with Crippen LogP contribution >= 0.6 is 11.3 Å². The van der Waals surface area contributed by atoms with Crippen LogP contribution in [-0.4, -0.2) is 52.7 Å². The second-order valence-corrected chi connectivity index (χ2v) is 7.23. The van der Waals surface area contributed by atoms with Crippen molar-refractivity contribution in [3.05, 3.63) is 40.1 Å². The molecule has 2 aromatic rings. The van der Waals surface area contributed by atoms with Gasteiger partial charge in [0.25, 0.3) is 5.91 Å². The minimum absolute atomic E-state index is 0.114. The molecular formula is C18H20FN5O4S. The van der Waals surface area contributed by atoms with E-state index in [1.165, 1.54) is 18.2 Å². The quantitative estimate of drug-likeness (QED) is 0.692. The van der Waals surface area contributed by atoms with Crippen LogP contribution in [0.5, 0.6) is 0 Å². The number of nitrogens with one attached hydrogen (secondary N) is 2. The van der Waals surface area contributed by atoms with Crippen molar-refractivity contribution in [2.75, 3.05) is 25.0 Å². The monoisotopic (exact) mass is 421 g/mol. The van der Waals surface area contributed by atoms with Crippen molar-refractivity contribution in [2.24, 2.45) is 0 Å². The van der Waals surface area contributed by atoms with Crippen molar-refractivity contribution in [2.45, 2.75) is 25.8 Å². The molecule has 0 spiro atoms. The number of nitrogens with zero attached hydrogens (tertiary/aromatic N) is 3. The normalized spacial score (nSPS) is 15.8. The van der Waals surface area contributed by atoms with Gasteiger partial charge in [-0.3, -0.25) is 9.59 Å². The Bertz CT molecular complexity index is 906. The summed E-state index contributed by atoms with van der Waals surface area (Å²) in [6.07, 6.45) is 1.44. The first-order valence-electron chi connectivity index (χ1n) is 9.08. The molecule has 0 unspecified atom stereocenters. The highest BCUT2D eigenvalue weighted by Gasteiger charge is 2.33. The highest BCUT2D eigenvalue weighted by molar-refractivity contribution is 7.13. The van der Waals surface area contributed by atoms with E-state index in [2.05, 4.69) is 20.8 Å². The standard InChI is InChI=1S/C18H20FN5O4S/c1-2-28-14(25)10-20-18(27)24-8-4-7-13(24)16-22-23-17(29-16)15(26)21-12-6-3-5-11(19)9-12/h3,5-6,9,13H,2,4,7-8,10H2,1H3,(H,20,27)(H,21,26)/t13-/m0/s1. The van der Waals surface area contributed by atoms with Gasteiger partial charge in [-0.2, -0.15) is 0 Å². The first kappa shape index (κ1) is 20.6. The second-order valence-electron chi connectivity index (χ2n) is 6.23. The molecule has 9 nitrogen and oxygen atoms in total. The Morgan fingerprint density at radius 2 is 2.17 bits per heavy atom. The third kappa shape index (κ3) is 5.25. The number of hydrogen-bond donors (Lipinski definition) is 2. The van der Waals surface area contributed by atoms with Gasteiger partial charge in [-0.15, -0.1) is 10.2 Å². The van der Waals surface area contributed by atoms with Gasteiger partial charge in [-0.05, 0) is 38.0 Å². The molecule has 1 fully saturated rings. The predicted molar refractivity (Wildman–Crippen MR) is 103 cm³/mol. The molecule has 2 heterocycles. The Morgan fingerprint density at radius 3 is 2.93 bits per heavy atom. The van der Waals surface area contributed by atoms with Crippen molar-refractivity contribution in [3.63, 3.8) is 0 Å². The Labute approximate surface area is 170 Å². The third-order valence-electron chi connectivity index (χ3n) is 4.21. The number of amides is 3. The minimum Gasteiger partial charge on any atom is -0.465 e. The Morgan fingerprint density at radius 1 is 1.34 bits per heavy atom. The largest absolute Gasteiger partial charge is 0.465 e. The molecule has 1 aliphatic rings. The molecule has 1 aliphatic heterocycles. The number of ether oxygens (including phenoxy) is 1. The summed E-state index contributed by atoms with van der Waals surface area (Å²) in [5, 5.41) is 13.7. The van der Waals surface area contributed by atoms with Gasteiger partial charge in [0.1, 0.15) is 17.4 Å². The summed E-state index contributed by atoms with van der Waals surface area (Å²) in [5.41, 5.74) is 0.313. The number of carbonyl (C=O) groups is 3. The fourth-order valence-corrected chi connectivity index (χ4v) is 3.83. The van der Waals surface area contributed by atoms with Crippen molar-refractivity contribution in [3.8, 4) is 0 Å². The molecule has 1 atom stereocenters. The second kappa shape index (κ2) is 9.41. The smallest absolute Gasteiger partial charge is 0.325 e. The molecule has 0 radical (unpaired) electrons. The van der Waals surface area contributed by atoms with E-state index in [0.29, 0.717) is 23.7 Å². The molecule has 154 valence electrons. The summed E-state index contributed by atoms with van der Waals surface area (Å²) in [6.45, 7) is 2.22. The van der Waals surface area contributed by atoms with Crippen LogP contribution in [0.2, 0.25) is 0 Å². The zero-order valence-corrected chi connectivity index (χ0v) is 16.5. The van der Waals surface area contributed by atoms with E-state index in [1.54, 1.807) is 17.9 Å². The molecule has 0 bridgehead atoms. The fourth-order valence-electron chi connectivity index (χ4n) is 2.94. The summed E-state index contributed by atoms with van der Waals surface area (Å²) in [5.74, 6) is -1.48. The number of halogens is 1. The van der Waals surface area contributed by atoms with E-state index in [4.69, 9.17) is 4.74 Å². The number of hydrogen-bond acceptors (Lipinski definition) is 7. The van der Waals surface area contributed by atoms with Crippen molar-refractivity contribution in [1.82, 2.24) is 20.4 Å². The van der Waals surface area contributed by atoms with Crippen LogP contribution < -0.4 is 10.6 Å². The maximum atomic E-state index is 13.3. The van der Waals surface area contributed by atoms with Gasteiger partial charge in [0.2, 0.25) is 5.01 Å². The van der Waals surface area contributed by atoms with Gasteiger partial charge in [0.05, 0.1) is 12.6 Å². The summed E-state index contributed by atoms with van der Waals surface area (Å²) < 4.78 is 18.0. The van der Waals surface area contributed by atoms with E-state index in [-0.39, 0.29) is 24.2 Å².